The Kier molecular flexibility index (Phi) is 7.95. The van der Waals surface area contributed by atoms with Gasteiger partial charge in [0.05, 0.1) is 14.2 Å². The number of rotatable bonds is 7. The van der Waals surface area contributed by atoms with Gasteiger partial charge >= 0.3 is 11.9 Å². The van der Waals surface area contributed by atoms with Crippen molar-refractivity contribution >= 4 is 40.2 Å². The van der Waals surface area contributed by atoms with Gasteiger partial charge in [-0.05, 0) is 29.3 Å². The first-order chi connectivity index (χ1) is 13.0. The third-order valence-electron chi connectivity index (χ3n) is 3.73. The van der Waals surface area contributed by atoms with Crippen molar-refractivity contribution in [2.75, 3.05) is 14.2 Å². The summed E-state index contributed by atoms with van der Waals surface area (Å²) in [6.45, 7) is 0. The van der Waals surface area contributed by atoms with Gasteiger partial charge in [-0.3, -0.25) is 4.99 Å². The van der Waals surface area contributed by atoms with Crippen molar-refractivity contribution < 1.29 is 19.1 Å². The van der Waals surface area contributed by atoms with Crippen molar-refractivity contribution in [1.29, 1.82) is 0 Å². The van der Waals surface area contributed by atoms with Crippen molar-refractivity contribution in [2.24, 2.45) is 4.99 Å². The molecular weight excluding hydrogens is 410 g/mol. The van der Waals surface area contributed by atoms with E-state index in [2.05, 4.69) is 20.9 Å². The molecule has 0 aliphatic rings. The Morgan fingerprint density at radius 1 is 1.04 bits per heavy atom. The lowest BCUT2D eigenvalue weighted by Gasteiger charge is -2.12. The number of nitrogens with zero attached hydrogens (tertiary/aromatic N) is 1. The minimum atomic E-state index is -0.858. The number of methoxy groups -OCH3 is 2. The van der Waals surface area contributed by atoms with E-state index in [1.54, 1.807) is 12.3 Å². The molecule has 1 atom stereocenters. The monoisotopic (exact) mass is 429 g/mol. The molecule has 27 heavy (non-hydrogen) atoms. The summed E-state index contributed by atoms with van der Waals surface area (Å²) < 4.78 is 10.6. The molecule has 2 aromatic rings. The Labute approximate surface area is 166 Å². The summed E-state index contributed by atoms with van der Waals surface area (Å²) in [4.78, 5) is 28.7. The third-order valence-corrected chi connectivity index (χ3v) is 4.22. The Morgan fingerprint density at radius 3 is 2.37 bits per heavy atom. The van der Waals surface area contributed by atoms with Crippen LogP contribution in [0.1, 0.15) is 17.5 Å². The lowest BCUT2D eigenvalue weighted by molar-refractivity contribution is -0.142. The minimum Gasteiger partial charge on any atom is -0.467 e. The Hall–Kier alpha value is -2.73. The van der Waals surface area contributed by atoms with E-state index in [-0.39, 0.29) is 6.42 Å². The molecule has 2 aromatic carbocycles. The number of benzene rings is 2. The molecule has 2 rings (SSSR count). The van der Waals surface area contributed by atoms with Gasteiger partial charge in [0.1, 0.15) is 0 Å². The second-order valence-corrected chi connectivity index (χ2v) is 6.56. The minimum absolute atomic E-state index is 0.0682. The quantitative estimate of drug-likeness (QED) is 0.378. The largest absolute Gasteiger partial charge is 0.467 e. The van der Waals surface area contributed by atoms with Gasteiger partial charge in [0, 0.05) is 22.7 Å². The molecule has 0 spiro atoms. The van der Waals surface area contributed by atoms with Gasteiger partial charge in [-0.25, -0.2) is 9.59 Å². The number of carbonyl (C=O) groups is 2. The van der Waals surface area contributed by atoms with Gasteiger partial charge in [0.15, 0.2) is 6.04 Å². The predicted molar refractivity (Wildman–Crippen MR) is 109 cm³/mol. The molecule has 0 aliphatic heterocycles. The van der Waals surface area contributed by atoms with E-state index >= 15 is 0 Å². The van der Waals surface area contributed by atoms with Crippen LogP contribution in [0.15, 0.2) is 69.6 Å². The topological polar surface area (TPSA) is 65.0 Å². The summed E-state index contributed by atoms with van der Waals surface area (Å²) in [7, 11) is 2.60. The van der Waals surface area contributed by atoms with Crippen LogP contribution in [0.25, 0.3) is 6.08 Å². The number of ether oxygens (including phenoxy) is 2. The van der Waals surface area contributed by atoms with Gasteiger partial charge in [0.2, 0.25) is 0 Å². The molecule has 140 valence electrons. The number of esters is 2. The van der Waals surface area contributed by atoms with Crippen molar-refractivity contribution in [3.63, 3.8) is 0 Å². The van der Waals surface area contributed by atoms with Crippen LogP contribution < -0.4 is 0 Å². The van der Waals surface area contributed by atoms with Crippen LogP contribution >= 0.6 is 15.9 Å². The van der Waals surface area contributed by atoms with Crippen LogP contribution in [0.4, 0.5) is 0 Å². The highest BCUT2D eigenvalue weighted by Crippen LogP contribution is 2.17. The molecular formula is C21H20BrNO4. The van der Waals surface area contributed by atoms with E-state index in [1.165, 1.54) is 14.2 Å². The third kappa shape index (κ3) is 6.49. The molecule has 0 amide bonds. The summed E-state index contributed by atoms with van der Waals surface area (Å²) in [5, 5.41) is 0. The van der Waals surface area contributed by atoms with E-state index in [0.29, 0.717) is 5.57 Å². The zero-order valence-electron chi connectivity index (χ0n) is 15.1. The summed E-state index contributed by atoms with van der Waals surface area (Å²) in [5.41, 5.74) is 1.99. The molecule has 0 radical (unpaired) electrons. The maximum atomic E-state index is 12.2. The van der Waals surface area contributed by atoms with E-state index < -0.39 is 18.0 Å². The van der Waals surface area contributed by atoms with Crippen LogP contribution in [-0.4, -0.2) is 38.4 Å². The van der Waals surface area contributed by atoms with Crippen LogP contribution in [0.5, 0.6) is 0 Å². The summed E-state index contributed by atoms with van der Waals surface area (Å²) in [6, 6.07) is 16.0. The van der Waals surface area contributed by atoms with Gasteiger partial charge in [-0.2, -0.15) is 0 Å². The Bertz CT molecular complexity index is 846. The SMILES string of the molecule is COC(=O)/C(=C\c1ccccc1)CC(N=Cc1cccc(Br)c1)C(=O)OC. The summed E-state index contributed by atoms with van der Waals surface area (Å²) in [5.74, 6) is -1.03. The molecule has 0 saturated carbocycles. The normalized spacial score (nSPS) is 12.6. The van der Waals surface area contributed by atoms with Gasteiger partial charge in [0.25, 0.3) is 0 Å². The summed E-state index contributed by atoms with van der Waals surface area (Å²) >= 11 is 3.39. The number of halogens is 1. The maximum Gasteiger partial charge on any atom is 0.333 e. The van der Waals surface area contributed by atoms with Crippen LogP contribution in [0, 0.1) is 0 Å². The van der Waals surface area contributed by atoms with Gasteiger partial charge < -0.3 is 9.47 Å². The standard InChI is InChI=1S/C21H20BrNO4/c1-26-20(24)17(11-15-7-4-3-5-8-15)13-19(21(25)27-2)23-14-16-9-6-10-18(22)12-16/h3-12,14,19H,13H2,1-2H3/b17-11-,23-14?. The molecule has 5 nitrogen and oxygen atoms in total. The van der Waals surface area contributed by atoms with E-state index in [4.69, 9.17) is 9.47 Å². The zero-order chi connectivity index (χ0) is 19.6. The average Bonchev–Trinajstić information content (AvgIpc) is 2.69. The summed E-state index contributed by atoms with van der Waals surface area (Å²) in [6.07, 6.45) is 3.35. The average molecular weight is 430 g/mol. The molecule has 6 heteroatoms. The lowest BCUT2D eigenvalue weighted by Crippen LogP contribution is -2.23. The second kappa shape index (κ2) is 10.4. The number of hydrogen-bond acceptors (Lipinski definition) is 5. The highest BCUT2D eigenvalue weighted by molar-refractivity contribution is 9.10. The predicted octanol–water partition coefficient (Wildman–Crippen LogP) is 4.06. The highest BCUT2D eigenvalue weighted by atomic mass is 79.9. The molecule has 0 fully saturated rings. The zero-order valence-corrected chi connectivity index (χ0v) is 16.7. The molecule has 0 N–H and O–H groups in total. The molecule has 0 heterocycles. The highest BCUT2D eigenvalue weighted by Gasteiger charge is 2.23. The molecule has 1 unspecified atom stereocenters. The van der Waals surface area contributed by atoms with Gasteiger partial charge in [-0.15, -0.1) is 0 Å². The van der Waals surface area contributed by atoms with Crippen LogP contribution in [-0.2, 0) is 19.1 Å². The van der Waals surface area contributed by atoms with Crippen LogP contribution in [0.2, 0.25) is 0 Å². The van der Waals surface area contributed by atoms with E-state index in [1.807, 2.05) is 54.6 Å². The Balaban J connectivity index is 2.29. The molecule has 0 aliphatic carbocycles. The lowest BCUT2D eigenvalue weighted by atomic mass is 10.0. The fraction of sp³-hybridized carbons (Fsp3) is 0.190. The Morgan fingerprint density at radius 2 is 1.74 bits per heavy atom. The maximum absolute atomic E-state index is 12.2. The first-order valence-electron chi connectivity index (χ1n) is 8.24. The fourth-order valence-corrected chi connectivity index (χ4v) is 2.80. The number of carbonyl (C=O) groups excluding carboxylic acids is 2. The molecule has 0 saturated heterocycles. The smallest absolute Gasteiger partial charge is 0.333 e. The second-order valence-electron chi connectivity index (χ2n) is 5.65. The van der Waals surface area contributed by atoms with E-state index in [0.717, 1.165) is 15.6 Å². The van der Waals surface area contributed by atoms with Crippen molar-refractivity contribution in [2.45, 2.75) is 12.5 Å². The first-order valence-corrected chi connectivity index (χ1v) is 9.03. The molecule has 0 bridgehead atoms. The van der Waals surface area contributed by atoms with Crippen molar-refractivity contribution in [3.05, 3.63) is 75.8 Å². The van der Waals surface area contributed by atoms with E-state index in [9.17, 15) is 9.59 Å². The van der Waals surface area contributed by atoms with Crippen molar-refractivity contribution in [1.82, 2.24) is 0 Å². The fourth-order valence-electron chi connectivity index (χ4n) is 2.39. The van der Waals surface area contributed by atoms with Crippen LogP contribution in [0.3, 0.4) is 0 Å². The number of aliphatic imine (C=N–C) groups is 1. The molecule has 0 aromatic heterocycles. The van der Waals surface area contributed by atoms with Gasteiger partial charge in [-0.1, -0.05) is 58.4 Å². The number of hydrogen-bond donors (Lipinski definition) is 0. The van der Waals surface area contributed by atoms with Crippen molar-refractivity contribution in [3.8, 4) is 0 Å². The first kappa shape index (κ1) is 20.6.